The predicted molar refractivity (Wildman–Crippen MR) is 71.8 cm³/mol. The van der Waals surface area contributed by atoms with Crippen molar-refractivity contribution in [2.45, 2.75) is 6.18 Å². The summed E-state index contributed by atoms with van der Waals surface area (Å²) in [6.07, 6.45) is -4.65. The maximum atomic E-state index is 13.9. The first-order valence-corrected chi connectivity index (χ1v) is 5.96. The minimum Gasteiger partial charge on any atom is -0.451 e. The van der Waals surface area contributed by atoms with E-state index in [2.05, 4.69) is 0 Å². The second kappa shape index (κ2) is 5.33. The summed E-state index contributed by atoms with van der Waals surface area (Å²) in [5.41, 5.74) is 9.46. The van der Waals surface area contributed by atoms with Crippen molar-refractivity contribution in [3.8, 4) is 11.5 Å². The maximum Gasteiger partial charge on any atom is 0.419 e. The van der Waals surface area contributed by atoms with Gasteiger partial charge in [-0.2, -0.15) is 13.2 Å². The van der Waals surface area contributed by atoms with Crippen molar-refractivity contribution in [3.63, 3.8) is 0 Å². The van der Waals surface area contributed by atoms with E-state index in [0.29, 0.717) is 0 Å². The fourth-order valence-corrected chi connectivity index (χ4v) is 1.79. The van der Waals surface area contributed by atoms with E-state index in [1.165, 1.54) is 12.1 Å². The zero-order chi connectivity index (χ0) is 15.8. The third-order valence-corrected chi connectivity index (χ3v) is 3.01. The second-order valence-electron chi connectivity index (χ2n) is 4.11. The van der Waals surface area contributed by atoms with Gasteiger partial charge in [-0.15, -0.1) is 0 Å². The molecule has 112 valence electrons. The standard InChI is InChI=1S/C13H9ClF4N2O/c14-10-7(19)5-8(20)12(11(10)15)21-9-4-2-1-3-6(9)13(16,17)18/h1-5H,19-20H2. The Balaban J connectivity index is 2.52. The Labute approximate surface area is 122 Å². The van der Waals surface area contributed by atoms with Crippen LogP contribution in [0.1, 0.15) is 5.56 Å². The molecule has 8 heteroatoms. The van der Waals surface area contributed by atoms with Crippen LogP contribution in [0.5, 0.6) is 11.5 Å². The van der Waals surface area contributed by atoms with E-state index < -0.39 is 34.1 Å². The zero-order valence-electron chi connectivity index (χ0n) is 10.3. The fourth-order valence-electron chi connectivity index (χ4n) is 1.65. The van der Waals surface area contributed by atoms with Crippen LogP contribution in [0.15, 0.2) is 30.3 Å². The molecule has 0 amide bonds. The fraction of sp³-hybridized carbons (Fsp3) is 0.0769. The van der Waals surface area contributed by atoms with E-state index in [4.69, 9.17) is 27.8 Å². The van der Waals surface area contributed by atoms with Crippen LogP contribution in [0.4, 0.5) is 28.9 Å². The van der Waals surface area contributed by atoms with E-state index in [0.717, 1.165) is 18.2 Å². The Hall–Kier alpha value is -2.15. The molecular formula is C13H9ClF4N2O. The normalized spacial score (nSPS) is 11.5. The molecule has 4 N–H and O–H groups in total. The highest BCUT2D eigenvalue weighted by Crippen LogP contribution is 2.42. The van der Waals surface area contributed by atoms with Gasteiger partial charge < -0.3 is 16.2 Å². The Morgan fingerprint density at radius 3 is 2.29 bits per heavy atom. The molecule has 2 aromatic rings. The monoisotopic (exact) mass is 320 g/mol. The number of rotatable bonds is 2. The summed E-state index contributed by atoms with van der Waals surface area (Å²) in [6, 6.07) is 5.47. The number of para-hydroxylation sites is 1. The molecule has 0 unspecified atom stereocenters. The lowest BCUT2D eigenvalue weighted by molar-refractivity contribution is -0.138. The van der Waals surface area contributed by atoms with Crippen molar-refractivity contribution in [1.29, 1.82) is 0 Å². The number of alkyl halides is 3. The number of hydrogen-bond donors (Lipinski definition) is 2. The topological polar surface area (TPSA) is 61.3 Å². The Morgan fingerprint density at radius 2 is 1.67 bits per heavy atom. The van der Waals surface area contributed by atoms with Crippen molar-refractivity contribution in [1.82, 2.24) is 0 Å². The van der Waals surface area contributed by atoms with Crippen LogP contribution in [-0.2, 0) is 6.18 Å². The van der Waals surface area contributed by atoms with Crippen LogP contribution in [0.3, 0.4) is 0 Å². The second-order valence-corrected chi connectivity index (χ2v) is 4.49. The van der Waals surface area contributed by atoms with Crippen molar-refractivity contribution < 1.29 is 22.3 Å². The lowest BCUT2D eigenvalue weighted by Gasteiger charge is -2.16. The summed E-state index contributed by atoms with van der Waals surface area (Å²) in [5.74, 6) is -2.31. The molecule has 0 aliphatic rings. The summed E-state index contributed by atoms with van der Waals surface area (Å²) in [4.78, 5) is 0. The van der Waals surface area contributed by atoms with Crippen molar-refractivity contribution in [2.75, 3.05) is 11.5 Å². The largest absolute Gasteiger partial charge is 0.451 e. The van der Waals surface area contributed by atoms with E-state index >= 15 is 0 Å². The molecule has 2 rings (SSSR count). The lowest BCUT2D eigenvalue weighted by Crippen LogP contribution is -2.08. The molecular weight excluding hydrogens is 312 g/mol. The third kappa shape index (κ3) is 2.97. The third-order valence-electron chi connectivity index (χ3n) is 2.62. The molecule has 0 radical (unpaired) electrons. The lowest BCUT2D eigenvalue weighted by atomic mass is 10.2. The average molecular weight is 321 g/mol. The summed E-state index contributed by atoms with van der Waals surface area (Å²) in [5, 5.41) is -0.469. The first-order chi connectivity index (χ1) is 9.71. The minimum atomic E-state index is -4.65. The molecule has 0 aliphatic carbocycles. The van der Waals surface area contributed by atoms with Gasteiger partial charge in [0.15, 0.2) is 11.6 Å². The van der Waals surface area contributed by atoms with Crippen LogP contribution >= 0.6 is 11.6 Å². The van der Waals surface area contributed by atoms with E-state index in [-0.39, 0.29) is 11.4 Å². The Bertz CT molecular complexity index is 689. The van der Waals surface area contributed by atoms with Gasteiger partial charge in [-0.05, 0) is 18.2 Å². The molecule has 0 fully saturated rings. The first kappa shape index (κ1) is 15.2. The molecule has 2 aromatic carbocycles. The molecule has 21 heavy (non-hydrogen) atoms. The highest BCUT2D eigenvalue weighted by Gasteiger charge is 2.34. The Morgan fingerprint density at radius 1 is 1.05 bits per heavy atom. The molecule has 0 saturated carbocycles. The van der Waals surface area contributed by atoms with Gasteiger partial charge in [0.1, 0.15) is 10.8 Å². The van der Waals surface area contributed by atoms with Gasteiger partial charge in [-0.1, -0.05) is 23.7 Å². The van der Waals surface area contributed by atoms with Crippen molar-refractivity contribution in [3.05, 3.63) is 46.7 Å². The van der Waals surface area contributed by atoms with Gasteiger partial charge in [-0.25, -0.2) is 4.39 Å². The molecule has 0 heterocycles. The summed E-state index contributed by atoms with van der Waals surface area (Å²) >= 11 is 5.59. The molecule has 0 aliphatic heterocycles. The van der Waals surface area contributed by atoms with Crippen LogP contribution in [-0.4, -0.2) is 0 Å². The van der Waals surface area contributed by atoms with E-state index in [1.807, 2.05) is 0 Å². The van der Waals surface area contributed by atoms with Gasteiger partial charge in [0.2, 0.25) is 0 Å². The number of ether oxygens (including phenoxy) is 1. The number of nitrogen functional groups attached to an aromatic ring is 2. The molecule has 3 nitrogen and oxygen atoms in total. The summed E-state index contributed by atoms with van der Waals surface area (Å²) in [7, 11) is 0. The zero-order valence-corrected chi connectivity index (χ0v) is 11.1. The van der Waals surface area contributed by atoms with Crippen LogP contribution < -0.4 is 16.2 Å². The highest BCUT2D eigenvalue weighted by molar-refractivity contribution is 6.33. The maximum absolute atomic E-state index is 13.9. The number of nitrogens with two attached hydrogens (primary N) is 2. The molecule has 0 spiro atoms. The van der Waals surface area contributed by atoms with Crippen molar-refractivity contribution >= 4 is 23.0 Å². The number of halogens is 5. The molecule has 0 aromatic heterocycles. The van der Waals surface area contributed by atoms with Crippen LogP contribution in [0.2, 0.25) is 5.02 Å². The van der Waals surface area contributed by atoms with Crippen molar-refractivity contribution in [2.24, 2.45) is 0 Å². The van der Waals surface area contributed by atoms with Gasteiger partial charge >= 0.3 is 6.18 Å². The minimum absolute atomic E-state index is 0.136. The average Bonchev–Trinajstić information content (AvgIpc) is 2.40. The molecule has 0 saturated heterocycles. The summed E-state index contributed by atoms with van der Waals surface area (Å²) in [6.45, 7) is 0. The SMILES string of the molecule is Nc1cc(N)c(Oc2ccccc2C(F)(F)F)c(F)c1Cl. The predicted octanol–water partition coefficient (Wildman–Crippen LogP) is 4.45. The van der Waals surface area contributed by atoms with E-state index in [1.54, 1.807) is 0 Å². The van der Waals surface area contributed by atoms with Crippen LogP contribution in [0.25, 0.3) is 0 Å². The van der Waals surface area contributed by atoms with Gasteiger partial charge in [0.05, 0.1) is 16.9 Å². The smallest absolute Gasteiger partial charge is 0.419 e. The number of benzene rings is 2. The van der Waals surface area contributed by atoms with Gasteiger partial charge in [0, 0.05) is 0 Å². The van der Waals surface area contributed by atoms with Crippen LogP contribution in [0, 0.1) is 5.82 Å². The van der Waals surface area contributed by atoms with Gasteiger partial charge in [0.25, 0.3) is 0 Å². The van der Waals surface area contributed by atoms with Gasteiger partial charge in [-0.3, -0.25) is 0 Å². The summed E-state index contributed by atoms with van der Waals surface area (Å²) < 4.78 is 57.4. The molecule has 0 bridgehead atoms. The van der Waals surface area contributed by atoms with E-state index in [9.17, 15) is 17.6 Å². The Kier molecular flexibility index (Phi) is 3.87. The first-order valence-electron chi connectivity index (χ1n) is 5.59. The number of hydrogen-bond acceptors (Lipinski definition) is 3. The molecule has 0 atom stereocenters. The quantitative estimate of drug-likeness (QED) is 0.634. The number of anilines is 2. The highest BCUT2D eigenvalue weighted by atomic mass is 35.5.